The monoisotopic (exact) mass is 396 g/mol. The maximum absolute atomic E-state index is 10.8. The van der Waals surface area contributed by atoms with Gasteiger partial charge in [0, 0.05) is 21.7 Å². The van der Waals surface area contributed by atoms with Gasteiger partial charge in [-0.25, -0.2) is 0 Å². The number of benzene rings is 2. The van der Waals surface area contributed by atoms with Gasteiger partial charge in [0.15, 0.2) is 3.95 Å². The van der Waals surface area contributed by atoms with Crippen molar-refractivity contribution in [1.82, 2.24) is 4.57 Å². The van der Waals surface area contributed by atoms with Crippen LogP contribution in [-0.2, 0) is 0 Å². The van der Waals surface area contributed by atoms with Gasteiger partial charge in [-0.15, -0.1) is 23.1 Å². The first kappa shape index (κ1) is 17.3. The van der Waals surface area contributed by atoms with Gasteiger partial charge >= 0.3 is 0 Å². The van der Waals surface area contributed by atoms with E-state index in [4.69, 9.17) is 12.2 Å². The van der Waals surface area contributed by atoms with Crippen molar-refractivity contribution in [3.63, 3.8) is 0 Å². The Morgan fingerprint density at radius 1 is 1.19 bits per heavy atom. The number of thiazole rings is 1. The van der Waals surface area contributed by atoms with Gasteiger partial charge in [-0.2, -0.15) is 0 Å². The van der Waals surface area contributed by atoms with E-state index >= 15 is 0 Å². The molecule has 0 bridgehead atoms. The number of thioether (sulfide) groups is 1. The van der Waals surface area contributed by atoms with Crippen molar-refractivity contribution < 1.29 is 5.11 Å². The summed E-state index contributed by atoms with van der Waals surface area (Å²) in [6.45, 7) is 1.99. The number of para-hydroxylation sites is 1. The Labute approximate surface area is 165 Å². The van der Waals surface area contributed by atoms with Crippen LogP contribution in [0.4, 0.5) is 5.69 Å². The standard InChI is InChI=1S/C20H16N2OS3/c1-12-16(15-8-3-4-9-17(15)21-12)11-18-19(23)22(20(24)26-18)13-6-5-7-14(10-13)25-2/h3-11,23H,1-2H3. The van der Waals surface area contributed by atoms with Crippen LogP contribution in [0.15, 0.2) is 58.4 Å². The molecule has 1 aliphatic rings. The maximum atomic E-state index is 10.8. The minimum Gasteiger partial charge on any atom is -0.493 e. The van der Waals surface area contributed by atoms with E-state index in [1.54, 1.807) is 16.3 Å². The quantitative estimate of drug-likeness (QED) is 0.414. The molecule has 0 amide bonds. The van der Waals surface area contributed by atoms with Gasteiger partial charge < -0.3 is 5.11 Å². The molecule has 0 atom stereocenters. The van der Waals surface area contributed by atoms with Gasteiger partial charge in [-0.3, -0.25) is 9.56 Å². The molecule has 0 unspecified atom stereocenters. The van der Waals surface area contributed by atoms with Gasteiger partial charge in [0.05, 0.1) is 16.3 Å². The summed E-state index contributed by atoms with van der Waals surface area (Å²) in [7, 11) is 0. The second-order valence-corrected chi connectivity index (χ2v) is 8.42. The molecule has 3 aromatic rings. The average molecular weight is 397 g/mol. The highest BCUT2D eigenvalue weighted by atomic mass is 32.2. The van der Waals surface area contributed by atoms with E-state index in [0.29, 0.717) is 3.95 Å². The molecule has 130 valence electrons. The Hall–Kier alpha value is -2.15. The molecular formula is C20H16N2OS3. The zero-order valence-electron chi connectivity index (χ0n) is 14.3. The number of hydrogen-bond donors (Lipinski definition) is 1. The van der Waals surface area contributed by atoms with Crippen LogP contribution in [0.5, 0.6) is 5.88 Å². The first-order valence-corrected chi connectivity index (χ1v) is 10.5. The van der Waals surface area contributed by atoms with E-state index < -0.39 is 0 Å². The van der Waals surface area contributed by atoms with E-state index in [9.17, 15) is 5.11 Å². The normalized spacial score (nSPS) is 14.5. The molecule has 6 heteroatoms. The van der Waals surface area contributed by atoms with Crippen LogP contribution < -0.4 is 0 Å². The lowest BCUT2D eigenvalue weighted by Gasteiger charge is -2.06. The van der Waals surface area contributed by atoms with Crippen LogP contribution in [0.25, 0.3) is 17.3 Å². The molecule has 1 N–H and O–H groups in total. The Kier molecular flexibility index (Phi) is 4.56. The predicted octanol–water partition coefficient (Wildman–Crippen LogP) is 6.34. The highest BCUT2D eigenvalue weighted by Crippen LogP contribution is 2.39. The Morgan fingerprint density at radius 3 is 2.81 bits per heavy atom. The molecule has 0 saturated heterocycles. The van der Waals surface area contributed by atoms with Gasteiger partial charge in [0.1, 0.15) is 0 Å². The molecular weight excluding hydrogens is 380 g/mol. The van der Waals surface area contributed by atoms with E-state index in [1.165, 1.54) is 11.3 Å². The molecule has 0 radical (unpaired) electrons. The molecule has 26 heavy (non-hydrogen) atoms. The Bertz CT molecular complexity index is 1120. The molecule has 3 nitrogen and oxygen atoms in total. The van der Waals surface area contributed by atoms with Gasteiger partial charge in [0.25, 0.3) is 0 Å². The molecule has 0 spiro atoms. The summed E-state index contributed by atoms with van der Waals surface area (Å²) in [4.78, 5) is 6.47. The highest BCUT2D eigenvalue weighted by Gasteiger charge is 2.19. The third-order valence-corrected chi connectivity index (χ3v) is 6.31. The summed E-state index contributed by atoms with van der Waals surface area (Å²) in [5, 5.41) is 10.8. The molecule has 0 saturated carbocycles. The highest BCUT2D eigenvalue weighted by molar-refractivity contribution is 7.98. The van der Waals surface area contributed by atoms with Crippen molar-refractivity contribution in [2.24, 2.45) is 4.99 Å². The summed E-state index contributed by atoms with van der Waals surface area (Å²) in [6, 6.07) is 16.0. The SMILES string of the molecule is CSc1cccc(-n2c(O)c(C=C3C(C)=Nc4ccccc43)sc2=S)c1. The third-order valence-electron chi connectivity index (χ3n) is 4.27. The first-order valence-electron chi connectivity index (χ1n) is 8.04. The van der Waals surface area contributed by atoms with Gasteiger partial charge in [0.2, 0.25) is 5.88 Å². The number of allylic oxidation sites excluding steroid dienone is 1. The summed E-state index contributed by atoms with van der Waals surface area (Å²) in [5.41, 5.74) is 4.89. The minimum absolute atomic E-state index is 0.169. The second kappa shape index (κ2) is 6.87. The van der Waals surface area contributed by atoms with Crippen molar-refractivity contribution in [3.05, 3.63) is 62.9 Å². The van der Waals surface area contributed by atoms with Crippen LogP contribution >= 0.6 is 35.3 Å². The summed E-state index contributed by atoms with van der Waals surface area (Å²) in [6.07, 6.45) is 4.01. The summed E-state index contributed by atoms with van der Waals surface area (Å²) < 4.78 is 2.34. The Morgan fingerprint density at radius 2 is 2.00 bits per heavy atom. The zero-order valence-corrected chi connectivity index (χ0v) is 16.7. The number of aliphatic imine (C=N–C) groups is 1. The van der Waals surface area contributed by atoms with Crippen LogP contribution in [0.2, 0.25) is 0 Å². The summed E-state index contributed by atoms with van der Waals surface area (Å²) >= 11 is 8.59. The number of nitrogens with zero attached hydrogens (tertiary/aromatic N) is 2. The average Bonchev–Trinajstić information content (AvgIpc) is 3.11. The fourth-order valence-electron chi connectivity index (χ4n) is 3.00. The maximum Gasteiger partial charge on any atom is 0.215 e. The smallest absolute Gasteiger partial charge is 0.215 e. The number of rotatable bonds is 3. The third kappa shape index (κ3) is 2.94. The van der Waals surface area contributed by atoms with Crippen molar-refractivity contribution in [2.45, 2.75) is 11.8 Å². The van der Waals surface area contributed by atoms with E-state index in [2.05, 4.69) is 11.1 Å². The van der Waals surface area contributed by atoms with Crippen LogP contribution in [0.1, 0.15) is 17.4 Å². The van der Waals surface area contributed by atoms with Gasteiger partial charge in [-0.05, 0) is 55.7 Å². The zero-order chi connectivity index (χ0) is 18.3. The van der Waals surface area contributed by atoms with Crippen molar-refractivity contribution in [2.75, 3.05) is 6.26 Å². The lowest BCUT2D eigenvalue weighted by molar-refractivity contribution is 0.441. The van der Waals surface area contributed by atoms with Gasteiger partial charge in [-0.1, -0.05) is 24.3 Å². The van der Waals surface area contributed by atoms with E-state index in [-0.39, 0.29) is 5.88 Å². The number of aromatic hydroxyl groups is 1. The topological polar surface area (TPSA) is 37.5 Å². The number of hydrogen-bond acceptors (Lipinski definition) is 5. The van der Waals surface area contributed by atoms with E-state index in [0.717, 1.165) is 38.0 Å². The lowest BCUT2D eigenvalue weighted by Crippen LogP contribution is -1.93. The number of aromatic nitrogens is 1. The molecule has 2 heterocycles. The van der Waals surface area contributed by atoms with Crippen LogP contribution in [0.3, 0.4) is 0 Å². The first-order chi connectivity index (χ1) is 12.6. The molecule has 1 aliphatic heterocycles. The molecule has 4 rings (SSSR count). The largest absolute Gasteiger partial charge is 0.493 e. The predicted molar refractivity (Wildman–Crippen MR) is 115 cm³/mol. The Balaban J connectivity index is 1.83. The minimum atomic E-state index is 0.169. The second-order valence-electron chi connectivity index (χ2n) is 5.87. The van der Waals surface area contributed by atoms with Crippen LogP contribution in [-0.4, -0.2) is 21.6 Å². The lowest BCUT2D eigenvalue weighted by atomic mass is 10.0. The fraction of sp³-hybridized carbons (Fsp3) is 0.100. The van der Waals surface area contributed by atoms with Crippen molar-refractivity contribution >= 4 is 58.4 Å². The fourth-order valence-corrected chi connectivity index (χ4v) is 4.75. The van der Waals surface area contributed by atoms with Crippen molar-refractivity contribution in [1.29, 1.82) is 0 Å². The van der Waals surface area contributed by atoms with Crippen LogP contribution in [0, 0.1) is 3.95 Å². The molecule has 0 fully saturated rings. The molecule has 1 aromatic heterocycles. The van der Waals surface area contributed by atoms with E-state index in [1.807, 2.05) is 61.7 Å². The molecule has 0 aliphatic carbocycles. The van der Waals surface area contributed by atoms with Crippen molar-refractivity contribution in [3.8, 4) is 11.6 Å². The number of fused-ring (bicyclic) bond motifs is 1. The summed E-state index contributed by atoms with van der Waals surface area (Å²) in [5.74, 6) is 0.169. The molecule has 2 aromatic carbocycles.